The van der Waals surface area contributed by atoms with Crippen molar-refractivity contribution >= 4 is 17.3 Å². The Bertz CT molecular complexity index is 773. The lowest BCUT2D eigenvalue weighted by Gasteiger charge is -2.36. The molecule has 0 unspecified atom stereocenters. The van der Waals surface area contributed by atoms with Crippen LogP contribution in [0.5, 0.6) is 0 Å². The first kappa shape index (κ1) is 18.9. The molecule has 1 N–H and O–H groups in total. The highest BCUT2D eigenvalue weighted by Crippen LogP contribution is 2.20. The van der Waals surface area contributed by atoms with Crippen molar-refractivity contribution in [3.63, 3.8) is 0 Å². The van der Waals surface area contributed by atoms with Gasteiger partial charge in [0.25, 0.3) is 0 Å². The van der Waals surface area contributed by atoms with E-state index in [1.165, 1.54) is 17.3 Å². The third kappa shape index (κ3) is 5.83. The number of amides is 1. The zero-order valence-electron chi connectivity index (χ0n) is 15.8. The molecule has 0 radical (unpaired) electrons. The summed E-state index contributed by atoms with van der Waals surface area (Å²) in [7, 11) is 0. The van der Waals surface area contributed by atoms with Crippen LogP contribution in [0, 0.1) is 0 Å². The molecule has 2 aromatic carbocycles. The number of rotatable bonds is 6. The highest BCUT2D eigenvalue weighted by Gasteiger charge is 2.17. The third-order valence-electron chi connectivity index (χ3n) is 4.67. The molecule has 0 aliphatic carbocycles. The number of anilines is 2. The third-order valence-corrected chi connectivity index (χ3v) is 4.67. The molecule has 0 bridgehead atoms. The molecule has 0 aromatic heterocycles. The van der Waals surface area contributed by atoms with E-state index in [0.717, 1.165) is 38.4 Å². The zero-order valence-corrected chi connectivity index (χ0v) is 15.8. The van der Waals surface area contributed by atoms with Crippen molar-refractivity contribution in [1.29, 1.82) is 0 Å². The minimum Gasteiger partial charge on any atom is -0.369 e. The smallest absolute Gasteiger partial charge is 0.248 e. The van der Waals surface area contributed by atoms with Crippen LogP contribution in [0.4, 0.5) is 11.4 Å². The van der Waals surface area contributed by atoms with Gasteiger partial charge in [-0.2, -0.15) is 0 Å². The van der Waals surface area contributed by atoms with Gasteiger partial charge in [0.1, 0.15) is 0 Å². The number of allylic oxidation sites excluding steroid dienone is 3. The Morgan fingerprint density at radius 3 is 2.33 bits per heavy atom. The van der Waals surface area contributed by atoms with E-state index >= 15 is 0 Å². The predicted molar refractivity (Wildman–Crippen MR) is 113 cm³/mol. The summed E-state index contributed by atoms with van der Waals surface area (Å²) in [6, 6.07) is 18.7. The van der Waals surface area contributed by atoms with Crippen molar-refractivity contribution < 1.29 is 4.79 Å². The minimum absolute atomic E-state index is 0.115. The summed E-state index contributed by atoms with van der Waals surface area (Å²) in [6.45, 7) is 7.09. The number of carbonyl (C=O) groups excluding carboxylic acids is 1. The highest BCUT2D eigenvalue weighted by molar-refractivity contribution is 5.99. The molecule has 0 saturated carbocycles. The Labute approximate surface area is 161 Å². The van der Waals surface area contributed by atoms with Gasteiger partial charge in [-0.15, -0.1) is 0 Å². The Morgan fingerprint density at radius 1 is 0.963 bits per heavy atom. The molecule has 140 valence electrons. The zero-order chi connectivity index (χ0) is 18.9. The maximum Gasteiger partial charge on any atom is 0.248 e. The monoisotopic (exact) mass is 361 g/mol. The summed E-state index contributed by atoms with van der Waals surface area (Å²) in [5.41, 5.74) is 3.39. The van der Waals surface area contributed by atoms with E-state index in [2.05, 4.69) is 57.6 Å². The van der Waals surface area contributed by atoms with Crippen LogP contribution in [0.2, 0.25) is 0 Å². The fourth-order valence-electron chi connectivity index (χ4n) is 3.20. The lowest BCUT2D eigenvalue weighted by molar-refractivity contribution is -0.111. The molecule has 2 aromatic rings. The largest absolute Gasteiger partial charge is 0.369 e. The Hall–Kier alpha value is -2.85. The van der Waals surface area contributed by atoms with Gasteiger partial charge in [0, 0.05) is 50.2 Å². The van der Waals surface area contributed by atoms with Crippen LogP contribution >= 0.6 is 0 Å². The number of nitrogens with one attached hydrogen (secondary N) is 1. The van der Waals surface area contributed by atoms with Crippen LogP contribution in [-0.4, -0.2) is 37.0 Å². The fourth-order valence-corrected chi connectivity index (χ4v) is 3.20. The number of benzene rings is 2. The summed E-state index contributed by atoms with van der Waals surface area (Å²) in [5, 5.41) is 2.88. The molecule has 4 nitrogen and oxygen atoms in total. The minimum atomic E-state index is -0.115. The van der Waals surface area contributed by atoms with E-state index in [1.807, 2.05) is 31.2 Å². The van der Waals surface area contributed by atoms with Gasteiger partial charge in [-0.1, -0.05) is 48.6 Å². The van der Waals surface area contributed by atoms with Gasteiger partial charge in [-0.05, 0) is 36.8 Å². The molecule has 0 spiro atoms. The average molecular weight is 361 g/mol. The molecule has 1 aliphatic rings. The van der Waals surface area contributed by atoms with E-state index in [9.17, 15) is 4.79 Å². The summed E-state index contributed by atoms with van der Waals surface area (Å²) in [4.78, 5) is 16.7. The van der Waals surface area contributed by atoms with Crippen LogP contribution < -0.4 is 10.2 Å². The SMILES string of the molecule is C/C=C/C=C/C(=O)Nc1ccc(N2CCN(Cc3ccccc3)CC2)cc1. The van der Waals surface area contributed by atoms with Gasteiger partial charge in [0.05, 0.1) is 0 Å². The molecular weight excluding hydrogens is 334 g/mol. The second-order valence-electron chi connectivity index (χ2n) is 6.67. The fraction of sp³-hybridized carbons (Fsp3) is 0.261. The van der Waals surface area contributed by atoms with Gasteiger partial charge < -0.3 is 10.2 Å². The number of carbonyl (C=O) groups is 1. The molecule has 1 amide bonds. The highest BCUT2D eigenvalue weighted by atomic mass is 16.1. The summed E-state index contributed by atoms with van der Waals surface area (Å²) < 4.78 is 0. The normalized spacial score (nSPS) is 15.5. The van der Waals surface area contributed by atoms with Gasteiger partial charge in [0.15, 0.2) is 0 Å². The summed E-state index contributed by atoms with van der Waals surface area (Å²) in [6.07, 6.45) is 6.98. The summed E-state index contributed by atoms with van der Waals surface area (Å²) >= 11 is 0. The Morgan fingerprint density at radius 2 is 1.67 bits per heavy atom. The molecule has 1 aliphatic heterocycles. The molecule has 0 atom stereocenters. The van der Waals surface area contributed by atoms with Crippen LogP contribution in [0.15, 0.2) is 78.9 Å². The second-order valence-corrected chi connectivity index (χ2v) is 6.67. The second kappa shape index (κ2) is 9.74. The maximum absolute atomic E-state index is 11.8. The first-order chi connectivity index (χ1) is 13.2. The molecule has 1 fully saturated rings. The van der Waals surface area contributed by atoms with Crippen molar-refractivity contribution in [1.82, 2.24) is 4.90 Å². The van der Waals surface area contributed by atoms with Crippen molar-refractivity contribution in [2.75, 3.05) is 36.4 Å². The molecule has 3 rings (SSSR count). The van der Waals surface area contributed by atoms with Crippen molar-refractivity contribution in [2.45, 2.75) is 13.5 Å². The van der Waals surface area contributed by atoms with Crippen LogP contribution in [0.3, 0.4) is 0 Å². The van der Waals surface area contributed by atoms with Crippen LogP contribution in [0.25, 0.3) is 0 Å². The molecule has 27 heavy (non-hydrogen) atoms. The molecule has 4 heteroatoms. The van der Waals surface area contributed by atoms with E-state index in [-0.39, 0.29) is 5.91 Å². The first-order valence-corrected chi connectivity index (χ1v) is 9.46. The van der Waals surface area contributed by atoms with Crippen molar-refractivity contribution in [3.8, 4) is 0 Å². The van der Waals surface area contributed by atoms with Crippen LogP contribution in [-0.2, 0) is 11.3 Å². The van der Waals surface area contributed by atoms with Crippen molar-refractivity contribution in [3.05, 3.63) is 84.5 Å². The van der Waals surface area contributed by atoms with Gasteiger partial charge in [-0.3, -0.25) is 9.69 Å². The topological polar surface area (TPSA) is 35.6 Å². The van der Waals surface area contributed by atoms with E-state index in [0.29, 0.717) is 0 Å². The Balaban J connectivity index is 1.49. The van der Waals surface area contributed by atoms with Gasteiger partial charge in [0.2, 0.25) is 5.91 Å². The number of nitrogens with zero attached hydrogens (tertiary/aromatic N) is 2. The Kier molecular flexibility index (Phi) is 6.83. The lowest BCUT2D eigenvalue weighted by atomic mass is 10.2. The maximum atomic E-state index is 11.8. The van der Waals surface area contributed by atoms with Crippen LogP contribution in [0.1, 0.15) is 12.5 Å². The predicted octanol–water partition coefficient (Wildman–Crippen LogP) is 4.08. The standard InChI is InChI=1S/C23H27N3O/c1-2-3-5-10-23(27)24-21-11-13-22(14-12-21)26-17-15-25(16-18-26)19-20-8-6-4-7-9-20/h2-14H,15-19H2,1H3,(H,24,27)/b3-2+,10-5+. The first-order valence-electron chi connectivity index (χ1n) is 9.46. The number of hydrogen-bond donors (Lipinski definition) is 1. The van der Waals surface area contributed by atoms with Gasteiger partial charge in [-0.25, -0.2) is 0 Å². The quantitative estimate of drug-likeness (QED) is 0.622. The average Bonchev–Trinajstić information content (AvgIpc) is 2.70. The van der Waals surface area contributed by atoms with E-state index in [1.54, 1.807) is 6.08 Å². The molecule has 1 saturated heterocycles. The molecule has 1 heterocycles. The molecular formula is C23H27N3O. The van der Waals surface area contributed by atoms with E-state index in [4.69, 9.17) is 0 Å². The lowest BCUT2D eigenvalue weighted by Crippen LogP contribution is -2.45. The number of hydrogen-bond acceptors (Lipinski definition) is 3. The summed E-state index contributed by atoms with van der Waals surface area (Å²) in [5.74, 6) is -0.115. The number of piperazine rings is 1. The van der Waals surface area contributed by atoms with Gasteiger partial charge >= 0.3 is 0 Å². The van der Waals surface area contributed by atoms with Crippen molar-refractivity contribution in [2.24, 2.45) is 0 Å². The van der Waals surface area contributed by atoms with E-state index < -0.39 is 0 Å².